The van der Waals surface area contributed by atoms with Crippen LogP contribution in [0.3, 0.4) is 0 Å². The van der Waals surface area contributed by atoms with Crippen molar-refractivity contribution in [3.8, 4) is 6.07 Å². The summed E-state index contributed by atoms with van der Waals surface area (Å²) in [5.74, 6) is 0.567. The summed E-state index contributed by atoms with van der Waals surface area (Å²) in [6.45, 7) is 6.81. The molecule has 1 aromatic carbocycles. The number of aryl methyl sites for hydroxylation is 2. The highest BCUT2D eigenvalue weighted by Gasteiger charge is 2.08. The van der Waals surface area contributed by atoms with Gasteiger partial charge >= 0.3 is 0 Å². The van der Waals surface area contributed by atoms with Gasteiger partial charge in [-0.25, -0.2) is 4.98 Å². The Morgan fingerprint density at radius 2 is 2.05 bits per heavy atom. The fourth-order valence-electron chi connectivity index (χ4n) is 2.43. The van der Waals surface area contributed by atoms with Crippen LogP contribution in [0.1, 0.15) is 30.0 Å². The molecule has 0 spiro atoms. The Bertz CT molecular complexity index is 746. The van der Waals surface area contributed by atoms with Gasteiger partial charge in [0.2, 0.25) is 5.91 Å². The first-order chi connectivity index (χ1) is 10.5. The number of aromatic nitrogens is 1. The Kier molecular flexibility index (Phi) is 4.95. The molecule has 2 aromatic rings. The molecule has 0 aliphatic carbocycles. The summed E-state index contributed by atoms with van der Waals surface area (Å²) >= 11 is 0. The first-order valence-electron chi connectivity index (χ1n) is 7.31. The quantitative estimate of drug-likeness (QED) is 0.832. The zero-order valence-corrected chi connectivity index (χ0v) is 13.2. The van der Waals surface area contributed by atoms with Gasteiger partial charge in [0.1, 0.15) is 11.9 Å². The molecular formula is C17H20N4O. The highest BCUT2D eigenvalue weighted by atomic mass is 16.1. The number of hydrogen-bond donors (Lipinski definition) is 2. The zero-order valence-electron chi connectivity index (χ0n) is 13.2. The topological polar surface area (TPSA) is 77.8 Å². The predicted molar refractivity (Wildman–Crippen MR) is 87.7 cm³/mol. The van der Waals surface area contributed by atoms with Crippen LogP contribution in [0.5, 0.6) is 0 Å². The average molecular weight is 296 g/mol. The van der Waals surface area contributed by atoms with Crippen LogP contribution in [0.25, 0.3) is 10.9 Å². The van der Waals surface area contributed by atoms with E-state index < -0.39 is 0 Å². The summed E-state index contributed by atoms with van der Waals surface area (Å²) in [7, 11) is 0. The van der Waals surface area contributed by atoms with Gasteiger partial charge in [0.25, 0.3) is 0 Å². The standard InChI is InChI=1S/C17H20N4O/c1-11-7-12(2)16-14(8-11)9-15(10-18)17(21-16)20-6-4-5-19-13(3)22/h7-9H,4-6H2,1-3H3,(H,19,22)(H,20,21). The molecule has 0 radical (unpaired) electrons. The van der Waals surface area contributed by atoms with Crippen molar-refractivity contribution in [3.63, 3.8) is 0 Å². The zero-order chi connectivity index (χ0) is 16.1. The summed E-state index contributed by atoms with van der Waals surface area (Å²) in [5, 5.41) is 16.2. The Labute approximate surface area is 130 Å². The minimum atomic E-state index is -0.0347. The van der Waals surface area contributed by atoms with Crippen LogP contribution < -0.4 is 10.6 Å². The van der Waals surface area contributed by atoms with Gasteiger partial charge < -0.3 is 10.6 Å². The smallest absolute Gasteiger partial charge is 0.216 e. The number of pyridine rings is 1. The minimum Gasteiger partial charge on any atom is -0.369 e. The first-order valence-corrected chi connectivity index (χ1v) is 7.31. The molecule has 0 saturated carbocycles. The molecule has 0 fully saturated rings. The van der Waals surface area contributed by atoms with Crippen molar-refractivity contribution in [1.29, 1.82) is 5.26 Å². The van der Waals surface area contributed by atoms with Crippen molar-refractivity contribution < 1.29 is 4.79 Å². The second-order valence-corrected chi connectivity index (χ2v) is 5.41. The van der Waals surface area contributed by atoms with E-state index in [1.54, 1.807) is 0 Å². The molecule has 0 unspecified atom stereocenters. The molecule has 114 valence electrons. The van der Waals surface area contributed by atoms with Crippen molar-refractivity contribution >= 4 is 22.6 Å². The van der Waals surface area contributed by atoms with Gasteiger partial charge in [-0.3, -0.25) is 4.79 Å². The number of nitriles is 1. The molecule has 2 rings (SSSR count). The molecule has 0 saturated heterocycles. The third kappa shape index (κ3) is 3.73. The molecule has 1 amide bonds. The van der Waals surface area contributed by atoms with Crippen molar-refractivity contribution in [2.24, 2.45) is 0 Å². The number of anilines is 1. The van der Waals surface area contributed by atoms with E-state index in [4.69, 9.17) is 0 Å². The number of carbonyl (C=O) groups excluding carboxylic acids is 1. The first kappa shape index (κ1) is 15.8. The third-order valence-corrected chi connectivity index (χ3v) is 3.39. The summed E-state index contributed by atoms with van der Waals surface area (Å²) in [4.78, 5) is 15.4. The van der Waals surface area contributed by atoms with E-state index in [9.17, 15) is 10.1 Å². The van der Waals surface area contributed by atoms with Crippen LogP contribution in [-0.2, 0) is 4.79 Å². The number of fused-ring (bicyclic) bond motifs is 1. The van der Waals surface area contributed by atoms with E-state index in [2.05, 4.69) is 27.8 Å². The summed E-state index contributed by atoms with van der Waals surface area (Å²) in [6, 6.07) is 8.19. The molecule has 1 aromatic heterocycles. The predicted octanol–water partition coefficient (Wildman–Crippen LogP) is 2.66. The average Bonchev–Trinajstić information content (AvgIpc) is 2.46. The molecular weight excluding hydrogens is 276 g/mol. The molecule has 22 heavy (non-hydrogen) atoms. The number of nitrogens with one attached hydrogen (secondary N) is 2. The van der Waals surface area contributed by atoms with Gasteiger partial charge in [0, 0.05) is 25.4 Å². The second kappa shape index (κ2) is 6.90. The van der Waals surface area contributed by atoms with Crippen molar-refractivity contribution in [2.45, 2.75) is 27.2 Å². The van der Waals surface area contributed by atoms with E-state index >= 15 is 0 Å². The van der Waals surface area contributed by atoms with Crippen LogP contribution in [-0.4, -0.2) is 24.0 Å². The fraction of sp³-hybridized carbons (Fsp3) is 0.353. The van der Waals surface area contributed by atoms with Gasteiger partial charge in [-0.2, -0.15) is 5.26 Å². The number of rotatable bonds is 5. The van der Waals surface area contributed by atoms with Crippen LogP contribution >= 0.6 is 0 Å². The highest BCUT2D eigenvalue weighted by Crippen LogP contribution is 2.24. The molecule has 1 heterocycles. The lowest BCUT2D eigenvalue weighted by molar-refractivity contribution is -0.118. The number of benzene rings is 1. The van der Waals surface area contributed by atoms with Crippen molar-refractivity contribution in [3.05, 3.63) is 34.9 Å². The normalized spacial score (nSPS) is 10.3. The van der Waals surface area contributed by atoms with Gasteiger partial charge in [-0.15, -0.1) is 0 Å². The summed E-state index contributed by atoms with van der Waals surface area (Å²) in [6.07, 6.45) is 0.775. The van der Waals surface area contributed by atoms with Crippen LogP contribution in [0.4, 0.5) is 5.82 Å². The maximum atomic E-state index is 10.8. The number of nitrogens with zero attached hydrogens (tertiary/aromatic N) is 2. The maximum absolute atomic E-state index is 10.8. The van der Waals surface area contributed by atoms with Crippen LogP contribution in [0.15, 0.2) is 18.2 Å². The number of carbonyl (C=O) groups is 1. The minimum absolute atomic E-state index is 0.0347. The summed E-state index contributed by atoms with van der Waals surface area (Å²) < 4.78 is 0. The Morgan fingerprint density at radius 3 is 2.73 bits per heavy atom. The van der Waals surface area contributed by atoms with Crippen molar-refractivity contribution in [1.82, 2.24) is 10.3 Å². The van der Waals surface area contributed by atoms with E-state index in [-0.39, 0.29) is 5.91 Å². The highest BCUT2D eigenvalue weighted by molar-refractivity contribution is 5.86. The molecule has 2 N–H and O–H groups in total. The van der Waals surface area contributed by atoms with Crippen LogP contribution in [0, 0.1) is 25.2 Å². The SMILES string of the molecule is CC(=O)NCCCNc1nc2c(C)cc(C)cc2cc1C#N. The van der Waals surface area contributed by atoms with Crippen LogP contribution in [0.2, 0.25) is 0 Å². The number of hydrogen-bond acceptors (Lipinski definition) is 4. The molecule has 5 heteroatoms. The van der Waals surface area contributed by atoms with Gasteiger partial charge in [-0.05, 0) is 38.0 Å². The molecule has 0 bridgehead atoms. The third-order valence-electron chi connectivity index (χ3n) is 3.39. The van der Waals surface area contributed by atoms with E-state index in [1.807, 2.05) is 26.0 Å². The van der Waals surface area contributed by atoms with Gasteiger partial charge in [0.15, 0.2) is 0 Å². The monoisotopic (exact) mass is 296 g/mol. The Balaban J connectivity index is 2.18. The fourth-order valence-corrected chi connectivity index (χ4v) is 2.43. The van der Waals surface area contributed by atoms with E-state index in [0.29, 0.717) is 24.5 Å². The largest absolute Gasteiger partial charge is 0.369 e. The lowest BCUT2D eigenvalue weighted by atomic mass is 10.1. The lowest BCUT2D eigenvalue weighted by Crippen LogP contribution is -2.22. The molecule has 0 atom stereocenters. The Hall–Kier alpha value is -2.61. The Morgan fingerprint density at radius 1 is 1.27 bits per heavy atom. The summed E-state index contributed by atoms with van der Waals surface area (Å²) in [5.41, 5.74) is 3.71. The van der Waals surface area contributed by atoms with Gasteiger partial charge in [0.05, 0.1) is 11.1 Å². The van der Waals surface area contributed by atoms with E-state index in [1.165, 1.54) is 6.92 Å². The maximum Gasteiger partial charge on any atom is 0.216 e. The van der Waals surface area contributed by atoms with E-state index in [0.717, 1.165) is 28.5 Å². The lowest BCUT2D eigenvalue weighted by Gasteiger charge is -2.11. The van der Waals surface area contributed by atoms with Gasteiger partial charge in [-0.1, -0.05) is 11.6 Å². The molecule has 0 aliphatic heterocycles. The molecule has 0 aliphatic rings. The number of amides is 1. The second-order valence-electron chi connectivity index (χ2n) is 5.41. The molecule has 5 nitrogen and oxygen atoms in total. The van der Waals surface area contributed by atoms with Crippen molar-refractivity contribution in [2.75, 3.05) is 18.4 Å².